The first-order valence-electron chi connectivity index (χ1n) is 7.81. The minimum absolute atomic E-state index is 0.0820. The van der Waals surface area contributed by atoms with Gasteiger partial charge in [-0.1, -0.05) is 44.2 Å². The maximum absolute atomic E-state index is 12.3. The summed E-state index contributed by atoms with van der Waals surface area (Å²) in [5, 5.41) is 7.29. The lowest BCUT2D eigenvalue weighted by Gasteiger charge is -2.21. The van der Waals surface area contributed by atoms with Crippen LogP contribution in [0.3, 0.4) is 0 Å². The van der Waals surface area contributed by atoms with Crippen LogP contribution in [0, 0.1) is 0 Å². The molecule has 0 fully saturated rings. The molecule has 1 aromatic heterocycles. The Morgan fingerprint density at radius 1 is 1.18 bits per heavy atom. The summed E-state index contributed by atoms with van der Waals surface area (Å²) in [4.78, 5) is 14.1. The summed E-state index contributed by atoms with van der Waals surface area (Å²) in [5.74, 6) is 0.587. The summed E-state index contributed by atoms with van der Waals surface area (Å²) < 4.78 is 1.79. The van der Waals surface area contributed by atoms with Crippen molar-refractivity contribution in [3.8, 4) is 11.3 Å². The van der Waals surface area contributed by atoms with E-state index >= 15 is 0 Å². The van der Waals surface area contributed by atoms with Crippen LogP contribution in [0.4, 0.5) is 10.6 Å². The minimum atomic E-state index is -0.0820. The third kappa shape index (κ3) is 3.87. The van der Waals surface area contributed by atoms with Crippen molar-refractivity contribution in [1.82, 2.24) is 14.7 Å². The van der Waals surface area contributed by atoms with Crippen LogP contribution in [0.1, 0.15) is 26.7 Å². The number of urea groups is 1. The number of anilines is 1. The third-order valence-electron chi connectivity index (χ3n) is 3.46. The quantitative estimate of drug-likeness (QED) is 0.883. The molecule has 5 heteroatoms. The van der Waals surface area contributed by atoms with Gasteiger partial charge in [0.05, 0.1) is 5.69 Å². The summed E-state index contributed by atoms with van der Waals surface area (Å²) >= 11 is 0. The second kappa shape index (κ2) is 7.64. The highest BCUT2D eigenvalue weighted by atomic mass is 16.2. The van der Waals surface area contributed by atoms with Gasteiger partial charge < -0.3 is 4.90 Å². The minimum Gasteiger partial charge on any atom is -0.325 e. The number of benzene rings is 1. The second-order valence-corrected chi connectivity index (χ2v) is 5.32. The van der Waals surface area contributed by atoms with Gasteiger partial charge in [0.15, 0.2) is 5.82 Å². The highest BCUT2D eigenvalue weighted by Crippen LogP contribution is 2.21. The van der Waals surface area contributed by atoms with Gasteiger partial charge in [0, 0.05) is 26.2 Å². The zero-order valence-corrected chi connectivity index (χ0v) is 13.5. The van der Waals surface area contributed by atoms with Crippen LogP contribution in [0.2, 0.25) is 0 Å². The van der Waals surface area contributed by atoms with Gasteiger partial charge in [-0.2, -0.15) is 5.10 Å². The molecule has 2 amide bonds. The Kier molecular flexibility index (Phi) is 5.58. The summed E-state index contributed by atoms with van der Waals surface area (Å²) in [6.07, 6.45) is 1.90. The van der Waals surface area contributed by atoms with Crippen LogP contribution in [-0.2, 0) is 7.05 Å². The first-order valence-corrected chi connectivity index (χ1v) is 7.81. The summed E-state index contributed by atoms with van der Waals surface area (Å²) in [5.41, 5.74) is 2.06. The third-order valence-corrected chi connectivity index (χ3v) is 3.46. The number of hydrogen-bond acceptors (Lipinski definition) is 2. The van der Waals surface area contributed by atoms with E-state index in [2.05, 4.69) is 24.3 Å². The molecule has 1 heterocycles. The van der Waals surface area contributed by atoms with E-state index in [4.69, 9.17) is 0 Å². The van der Waals surface area contributed by atoms with E-state index < -0.39 is 0 Å². The topological polar surface area (TPSA) is 50.2 Å². The molecular formula is C17H24N4O. The van der Waals surface area contributed by atoms with Gasteiger partial charge in [-0.25, -0.2) is 4.79 Å². The average molecular weight is 300 g/mol. The number of hydrogen-bond donors (Lipinski definition) is 1. The maximum Gasteiger partial charge on any atom is 0.323 e. The van der Waals surface area contributed by atoms with Crippen molar-refractivity contribution in [2.75, 3.05) is 18.4 Å². The lowest BCUT2D eigenvalue weighted by atomic mass is 10.1. The van der Waals surface area contributed by atoms with E-state index in [0.29, 0.717) is 5.82 Å². The summed E-state index contributed by atoms with van der Waals surface area (Å²) in [6, 6.07) is 11.8. The zero-order chi connectivity index (χ0) is 15.9. The predicted octanol–water partition coefficient (Wildman–Crippen LogP) is 3.74. The van der Waals surface area contributed by atoms with Crippen molar-refractivity contribution >= 4 is 11.8 Å². The molecule has 118 valence electrons. The number of carbonyl (C=O) groups excluding carboxylic acids is 1. The Morgan fingerprint density at radius 3 is 2.41 bits per heavy atom. The molecule has 22 heavy (non-hydrogen) atoms. The van der Waals surface area contributed by atoms with Crippen LogP contribution < -0.4 is 5.32 Å². The molecule has 0 saturated heterocycles. The molecule has 0 aliphatic rings. The van der Waals surface area contributed by atoms with E-state index in [1.807, 2.05) is 48.3 Å². The molecule has 5 nitrogen and oxygen atoms in total. The Balaban J connectivity index is 2.12. The Labute approximate surface area is 131 Å². The first kappa shape index (κ1) is 16.1. The van der Waals surface area contributed by atoms with Gasteiger partial charge in [0.25, 0.3) is 0 Å². The smallest absolute Gasteiger partial charge is 0.323 e. The normalized spacial score (nSPS) is 10.5. The molecule has 0 aliphatic carbocycles. The fourth-order valence-corrected chi connectivity index (χ4v) is 2.45. The molecule has 2 aromatic rings. The van der Waals surface area contributed by atoms with Crippen LogP contribution >= 0.6 is 0 Å². The zero-order valence-electron chi connectivity index (χ0n) is 13.5. The van der Waals surface area contributed by atoms with Crippen molar-refractivity contribution in [1.29, 1.82) is 0 Å². The Morgan fingerprint density at radius 2 is 1.82 bits per heavy atom. The standard InChI is InChI=1S/C17H24N4O/c1-4-11-21(12-5-2)17(22)18-16-13-15(20(3)19-16)14-9-7-6-8-10-14/h6-10,13H,4-5,11-12H2,1-3H3,(H,18,19,22). The maximum atomic E-state index is 12.3. The van der Waals surface area contributed by atoms with E-state index in [9.17, 15) is 4.79 Å². The first-order chi connectivity index (χ1) is 10.7. The van der Waals surface area contributed by atoms with E-state index in [1.165, 1.54) is 0 Å². The van der Waals surface area contributed by atoms with Gasteiger partial charge in [-0.05, 0) is 18.4 Å². The Hall–Kier alpha value is -2.30. The van der Waals surface area contributed by atoms with Gasteiger partial charge in [-0.3, -0.25) is 10.00 Å². The Bertz CT molecular complexity index is 600. The number of carbonyl (C=O) groups is 1. The summed E-state index contributed by atoms with van der Waals surface area (Å²) in [6.45, 7) is 5.67. The number of amides is 2. The lowest BCUT2D eigenvalue weighted by Crippen LogP contribution is -2.36. The fourth-order valence-electron chi connectivity index (χ4n) is 2.45. The molecule has 0 radical (unpaired) electrons. The number of nitrogens with one attached hydrogen (secondary N) is 1. The fraction of sp³-hybridized carbons (Fsp3) is 0.412. The van der Waals surface area contributed by atoms with Crippen molar-refractivity contribution < 1.29 is 4.79 Å². The molecule has 0 saturated carbocycles. The molecular weight excluding hydrogens is 276 g/mol. The SMILES string of the molecule is CCCN(CCC)C(=O)Nc1cc(-c2ccccc2)n(C)n1. The van der Waals surface area contributed by atoms with Gasteiger partial charge in [0.1, 0.15) is 0 Å². The van der Waals surface area contributed by atoms with Crippen molar-refractivity contribution in [2.45, 2.75) is 26.7 Å². The highest BCUT2D eigenvalue weighted by molar-refractivity contribution is 5.89. The molecule has 0 atom stereocenters. The molecule has 0 bridgehead atoms. The molecule has 0 unspecified atom stereocenters. The van der Waals surface area contributed by atoms with Gasteiger partial charge in [0.2, 0.25) is 0 Å². The average Bonchev–Trinajstić information content (AvgIpc) is 2.88. The molecule has 1 aromatic carbocycles. The van der Waals surface area contributed by atoms with Crippen molar-refractivity contribution in [2.24, 2.45) is 7.05 Å². The highest BCUT2D eigenvalue weighted by Gasteiger charge is 2.14. The monoisotopic (exact) mass is 300 g/mol. The largest absolute Gasteiger partial charge is 0.325 e. The van der Waals surface area contributed by atoms with Crippen LogP contribution in [0.25, 0.3) is 11.3 Å². The number of nitrogens with zero attached hydrogens (tertiary/aromatic N) is 3. The lowest BCUT2D eigenvalue weighted by molar-refractivity contribution is 0.211. The van der Waals surface area contributed by atoms with Crippen molar-refractivity contribution in [3.63, 3.8) is 0 Å². The van der Waals surface area contributed by atoms with Crippen LogP contribution in [-0.4, -0.2) is 33.8 Å². The molecule has 0 spiro atoms. The van der Waals surface area contributed by atoms with E-state index in [1.54, 1.807) is 4.68 Å². The van der Waals surface area contributed by atoms with Crippen LogP contribution in [0.15, 0.2) is 36.4 Å². The number of rotatable bonds is 6. The van der Waals surface area contributed by atoms with E-state index in [-0.39, 0.29) is 6.03 Å². The predicted molar refractivity (Wildman–Crippen MR) is 89.8 cm³/mol. The number of aryl methyl sites for hydroxylation is 1. The van der Waals surface area contributed by atoms with Gasteiger partial charge >= 0.3 is 6.03 Å². The molecule has 0 aliphatic heterocycles. The summed E-state index contributed by atoms with van der Waals surface area (Å²) in [7, 11) is 1.88. The second-order valence-electron chi connectivity index (χ2n) is 5.32. The van der Waals surface area contributed by atoms with Crippen LogP contribution in [0.5, 0.6) is 0 Å². The van der Waals surface area contributed by atoms with Crippen molar-refractivity contribution in [3.05, 3.63) is 36.4 Å². The van der Waals surface area contributed by atoms with Gasteiger partial charge in [-0.15, -0.1) is 0 Å². The number of aromatic nitrogens is 2. The van der Waals surface area contributed by atoms with E-state index in [0.717, 1.165) is 37.2 Å². The molecule has 2 rings (SSSR count). The molecule has 1 N–H and O–H groups in total.